The lowest BCUT2D eigenvalue weighted by Gasteiger charge is -2.12. The summed E-state index contributed by atoms with van der Waals surface area (Å²) in [7, 11) is 0. The standard InChI is InChI=1S/C16H12ClNO3/c17-12-6-8-13(9-7-12)18-14(16(20)21)10-15(19)11-4-2-1-3-5-11/h1-10,18H,(H,20,21)/p-1/b14-10-. The van der Waals surface area contributed by atoms with E-state index in [0.29, 0.717) is 16.3 Å². The maximum absolute atomic E-state index is 12.0. The van der Waals surface area contributed by atoms with E-state index in [4.69, 9.17) is 11.6 Å². The molecule has 2 rings (SSSR count). The molecule has 0 saturated heterocycles. The Labute approximate surface area is 126 Å². The molecule has 2 aromatic rings. The smallest absolute Gasteiger partial charge is 0.187 e. The number of hydrogen-bond donors (Lipinski definition) is 1. The number of nitrogens with one attached hydrogen (secondary N) is 1. The van der Waals surface area contributed by atoms with Crippen molar-refractivity contribution < 1.29 is 14.7 Å². The Bertz CT molecular complexity index is 678. The van der Waals surface area contributed by atoms with Gasteiger partial charge in [-0.25, -0.2) is 0 Å². The number of hydrogen-bond acceptors (Lipinski definition) is 4. The summed E-state index contributed by atoms with van der Waals surface area (Å²) in [6.45, 7) is 0. The zero-order valence-corrected chi connectivity index (χ0v) is 11.6. The molecular weight excluding hydrogens is 290 g/mol. The maximum atomic E-state index is 12.0. The number of carbonyl (C=O) groups is 2. The first kappa shape index (κ1) is 14.8. The van der Waals surface area contributed by atoms with Crippen LogP contribution in [0.5, 0.6) is 0 Å². The van der Waals surface area contributed by atoms with Crippen molar-refractivity contribution in [3.63, 3.8) is 0 Å². The summed E-state index contributed by atoms with van der Waals surface area (Å²) in [4.78, 5) is 23.1. The van der Waals surface area contributed by atoms with Crippen LogP contribution in [-0.4, -0.2) is 11.8 Å². The highest BCUT2D eigenvalue weighted by atomic mass is 35.5. The van der Waals surface area contributed by atoms with E-state index in [1.54, 1.807) is 54.6 Å². The van der Waals surface area contributed by atoms with E-state index in [0.717, 1.165) is 6.08 Å². The predicted molar refractivity (Wildman–Crippen MR) is 78.9 cm³/mol. The van der Waals surface area contributed by atoms with Gasteiger partial charge in [-0.2, -0.15) is 0 Å². The quantitative estimate of drug-likeness (QED) is 0.679. The number of allylic oxidation sites excluding steroid dienone is 1. The normalized spacial score (nSPS) is 11.0. The molecule has 0 spiro atoms. The van der Waals surface area contributed by atoms with Crippen molar-refractivity contribution in [2.24, 2.45) is 0 Å². The number of benzene rings is 2. The summed E-state index contributed by atoms with van der Waals surface area (Å²) >= 11 is 5.75. The topological polar surface area (TPSA) is 69.2 Å². The second-order valence-electron chi connectivity index (χ2n) is 4.21. The van der Waals surface area contributed by atoms with Crippen LogP contribution in [0.15, 0.2) is 66.4 Å². The van der Waals surface area contributed by atoms with Crippen LogP contribution in [0.25, 0.3) is 0 Å². The SMILES string of the molecule is O=C([O-])/C(=C/C(=O)c1ccccc1)Nc1ccc(Cl)cc1. The van der Waals surface area contributed by atoms with Crippen LogP contribution in [0, 0.1) is 0 Å². The highest BCUT2D eigenvalue weighted by Gasteiger charge is 2.06. The van der Waals surface area contributed by atoms with Crippen molar-refractivity contribution >= 4 is 29.0 Å². The van der Waals surface area contributed by atoms with Gasteiger partial charge in [0, 0.05) is 22.3 Å². The molecular formula is C16H11ClNO3-. The van der Waals surface area contributed by atoms with Crippen molar-refractivity contribution in [1.29, 1.82) is 0 Å². The fraction of sp³-hybridized carbons (Fsp3) is 0. The molecule has 0 aliphatic carbocycles. The minimum Gasteiger partial charge on any atom is -0.543 e. The molecule has 0 saturated carbocycles. The van der Waals surface area contributed by atoms with Crippen LogP contribution in [0.4, 0.5) is 5.69 Å². The van der Waals surface area contributed by atoms with Gasteiger partial charge in [0.2, 0.25) is 0 Å². The molecule has 0 aliphatic heterocycles. The number of carbonyl (C=O) groups excluding carboxylic acids is 2. The Morgan fingerprint density at radius 2 is 1.62 bits per heavy atom. The molecule has 0 heterocycles. The van der Waals surface area contributed by atoms with Gasteiger partial charge >= 0.3 is 0 Å². The van der Waals surface area contributed by atoms with Crippen LogP contribution in [0.3, 0.4) is 0 Å². The van der Waals surface area contributed by atoms with Crippen LogP contribution in [0.1, 0.15) is 10.4 Å². The molecule has 5 heteroatoms. The highest BCUT2D eigenvalue weighted by Crippen LogP contribution is 2.15. The Hall–Kier alpha value is -2.59. The molecule has 0 radical (unpaired) electrons. The molecule has 106 valence electrons. The van der Waals surface area contributed by atoms with Crippen LogP contribution in [0.2, 0.25) is 5.02 Å². The van der Waals surface area contributed by atoms with Crippen molar-refractivity contribution in [2.45, 2.75) is 0 Å². The van der Waals surface area contributed by atoms with Gasteiger partial charge in [0.05, 0.1) is 11.7 Å². The average molecular weight is 301 g/mol. The summed E-state index contributed by atoms with van der Waals surface area (Å²) in [6.07, 6.45) is 0.999. The maximum Gasteiger partial charge on any atom is 0.187 e. The Morgan fingerprint density at radius 3 is 2.19 bits per heavy atom. The molecule has 0 atom stereocenters. The minimum absolute atomic E-state index is 0.314. The Kier molecular flexibility index (Phi) is 4.74. The second-order valence-corrected chi connectivity index (χ2v) is 4.64. The second kappa shape index (κ2) is 6.72. The molecule has 0 unspecified atom stereocenters. The largest absolute Gasteiger partial charge is 0.543 e. The predicted octanol–water partition coefficient (Wildman–Crippen LogP) is 2.27. The number of carboxylic acids is 1. The third-order valence-electron chi connectivity index (χ3n) is 2.68. The van der Waals surface area contributed by atoms with Crippen molar-refractivity contribution in [3.05, 3.63) is 77.0 Å². The van der Waals surface area contributed by atoms with E-state index in [1.807, 2.05) is 0 Å². The summed E-state index contributed by atoms with van der Waals surface area (Å²) in [6, 6.07) is 14.8. The fourth-order valence-electron chi connectivity index (χ4n) is 1.65. The number of carboxylic acid groups (broad SMARTS) is 1. The molecule has 1 N–H and O–H groups in total. The van der Waals surface area contributed by atoms with Gasteiger partial charge in [0.25, 0.3) is 0 Å². The molecule has 0 bridgehead atoms. The summed E-state index contributed by atoms with van der Waals surface area (Å²) < 4.78 is 0. The first-order chi connectivity index (χ1) is 10.1. The van der Waals surface area contributed by atoms with E-state index < -0.39 is 11.8 Å². The molecule has 0 amide bonds. The van der Waals surface area contributed by atoms with E-state index in [9.17, 15) is 14.7 Å². The molecule has 4 nitrogen and oxygen atoms in total. The number of anilines is 1. The number of ketones is 1. The highest BCUT2D eigenvalue weighted by molar-refractivity contribution is 6.30. The average Bonchev–Trinajstić information content (AvgIpc) is 2.49. The minimum atomic E-state index is -1.46. The third-order valence-corrected chi connectivity index (χ3v) is 2.93. The zero-order valence-electron chi connectivity index (χ0n) is 10.9. The van der Waals surface area contributed by atoms with Crippen molar-refractivity contribution in [3.8, 4) is 0 Å². The molecule has 0 aromatic heterocycles. The summed E-state index contributed by atoms with van der Waals surface area (Å²) in [5.41, 5.74) is 0.580. The first-order valence-corrected chi connectivity index (χ1v) is 6.49. The van der Waals surface area contributed by atoms with Crippen LogP contribution in [-0.2, 0) is 4.79 Å². The van der Waals surface area contributed by atoms with Crippen LogP contribution < -0.4 is 10.4 Å². The first-order valence-electron chi connectivity index (χ1n) is 6.11. The van der Waals surface area contributed by atoms with Gasteiger partial charge in [0.15, 0.2) is 5.78 Å². The van der Waals surface area contributed by atoms with E-state index >= 15 is 0 Å². The fourth-order valence-corrected chi connectivity index (χ4v) is 1.78. The number of rotatable bonds is 5. The lowest BCUT2D eigenvalue weighted by molar-refractivity contribution is -0.299. The molecule has 21 heavy (non-hydrogen) atoms. The van der Waals surface area contributed by atoms with Gasteiger partial charge < -0.3 is 15.2 Å². The third kappa shape index (κ3) is 4.19. The number of aliphatic carboxylic acids is 1. The molecule has 0 aliphatic rings. The summed E-state index contributed by atoms with van der Waals surface area (Å²) in [5, 5.41) is 14.3. The molecule has 0 fully saturated rings. The van der Waals surface area contributed by atoms with Gasteiger partial charge in [-0.15, -0.1) is 0 Å². The van der Waals surface area contributed by atoms with Gasteiger partial charge in [-0.05, 0) is 24.3 Å². The van der Waals surface area contributed by atoms with E-state index in [2.05, 4.69) is 5.32 Å². The molecule has 2 aromatic carbocycles. The van der Waals surface area contributed by atoms with E-state index in [-0.39, 0.29) is 5.70 Å². The van der Waals surface area contributed by atoms with Crippen molar-refractivity contribution in [2.75, 3.05) is 5.32 Å². The monoisotopic (exact) mass is 300 g/mol. The zero-order chi connectivity index (χ0) is 15.2. The lowest BCUT2D eigenvalue weighted by atomic mass is 10.1. The van der Waals surface area contributed by atoms with Crippen molar-refractivity contribution in [1.82, 2.24) is 0 Å². The van der Waals surface area contributed by atoms with Crippen LogP contribution >= 0.6 is 11.6 Å². The van der Waals surface area contributed by atoms with Gasteiger partial charge in [-0.3, -0.25) is 4.79 Å². The van der Waals surface area contributed by atoms with E-state index in [1.165, 1.54) is 0 Å². The Morgan fingerprint density at radius 1 is 1.00 bits per heavy atom. The summed E-state index contributed by atoms with van der Waals surface area (Å²) in [5.74, 6) is -1.88. The lowest BCUT2D eigenvalue weighted by Crippen LogP contribution is -2.29. The number of halogens is 1. The van der Waals surface area contributed by atoms with Gasteiger partial charge in [0.1, 0.15) is 0 Å². The Balaban J connectivity index is 2.22. The van der Waals surface area contributed by atoms with Gasteiger partial charge in [-0.1, -0.05) is 41.9 Å².